The number of halogens is 1. The van der Waals surface area contributed by atoms with Crippen LogP contribution in [0.25, 0.3) is 0 Å². The molecule has 0 spiro atoms. The average molecular weight is 291 g/mol. The van der Waals surface area contributed by atoms with Crippen LogP contribution in [0.15, 0.2) is 3.92 Å². The second kappa shape index (κ2) is 4.89. The molecule has 1 heterocycles. The van der Waals surface area contributed by atoms with E-state index in [9.17, 15) is 0 Å². The molecule has 1 fully saturated rings. The second-order valence-corrected chi connectivity index (χ2v) is 6.01. The van der Waals surface area contributed by atoms with Crippen molar-refractivity contribution in [1.82, 2.24) is 9.36 Å². The molecule has 0 aromatic carbocycles. The molecular weight excluding hydrogens is 276 g/mol. The van der Waals surface area contributed by atoms with E-state index in [2.05, 4.69) is 25.3 Å². The molecule has 0 aliphatic heterocycles. The highest BCUT2D eigenvalue weighted by atomic mass is 79.9. The molecule has 0 amide bonds. The normalized spacial score (nSPS) is 21.2. The Morgan fingerprint density at radius 3 is 2.40 bits per heavy atom. The predicted octanol–water partition coefficient (Wildman–Crippen LogP) is 3.50. The van der Waals surface area contributed by atoms with Gasteiger partial charge in [0.25, 0.3) is 0 Å². The Bertz CT molecular complexity index is 321. The SMILES string of the molecule is COC1(c2nsc(Br)n2)CCCCCC1. The maximum Gasteiger partial charge on any atom is 0.179 e. The molecular formula is C10H15BrN2OS. The van der Waals surface area contributed by atoms with Crippen LogP contribution in [0.3, 0.4) is 0 Å². The molecule has 0 atom stereocenters. The molecule has 1 aliphatic rings. The molecule has 0 bridgehead atoms. The van der Waals surface area contributed by atoms with Gasteiger partial charge >= 0.3 is 0 Å². The summed E-state index contributed by atoms with van der Waals surface area (Å²) < 4.78 is 10.9. The van der Waals surface area contributed by atoms with Crippen molar-refractivity contribution in [2.24, 2.45) is 0 Å². The summed E-state index contributed by atoms with van der Waals surface area (Å²) in [6, 6.07) is 0. The van der Waals surface area contributed by atoms with Gasteiger partial charge in [0.15, 0.2) is 9.74 Å². The van der Waals surface area contributed by atoms with Crippen molar-refractivity contribution in [3.05, 3.63) is 9.74 Å². The van der Waals surface area contributed by atoms with E-state index in [-0.39, 0.29) is 5.60 Å². The smallest absolute Gasteiger partial charge is 0.179 e. The Kier molecular flexibility index (Phi) is 3.74. The number of nitrogens with zero attached hydrogens (tertiary/aromatic N) is 2. The minimum Gasteiger partial charge on any atom is -0.370 e. The third-order valence-electron chi connectivity index (χ3n) is 3.11. The lowest BCUT2D eigenvalue weighted by Crippen LogP contribution is -2.29. The summed E-state index contributed by atoms with van der Waals surface area (Å²) in [7, 11) is 1.78. The van der Waals surface area contributed by atoms with E-state index in [1.165, 1.54) is 37.2 Å². The zero-order valence-corrected chi connectivity index (χ0v) is 11.2. The van der Waals surface area contributed by atoms with Crippen LogP contribution < -0.4 is 0 Å². The van der Waals surface area contributed by atoms with E-state index >= 15 is 0 Å². The second-order valence-electron chi connectivity index (χ2n) is 3.98. The molecule has 1 saturated carbocycles. The summed E-state index contributed by atoms with van der Waals surface area (Å²) in [6.45, 7) is 0. The monoisotopic (exact) mass is 290 g/mol. The zero-order chi connectivity index (χ0) is 10.7. The van der Waals surface area contributed by atoms with E-state index in [0.29, 0.717) is 0 Å². The van der Waals surface area contributed by atoms with E-state index in [1.807, 2.05) is 0 Å². The highest BCUT2D eigenvalue weighted by molar-refractivity contribution is 9.11. The van der Waals surface area contributed by atoms with Gasteiger partial charge in [-0.3, -0.25) is 0 Å². The summed E-state index contributed by atoms with van der Waals surface area (Å²) in [5.74, 6) is 0.865. The molecule has 0 radical (unpaired) electrons. The van der Waals surface area contributed by atoms with Crippen molar-refractivity contribution in [2.75, 3.05) is 7.11 Å². The van der Waals surface area contributed by atoms with Crippen LogP contribution >= 0.6 is 27.5 Å². The van der Waals surface area contributed by atoms with E-state index in [1.54, 1.807) is 7.11 Å². The van der Waals surface area contributed by atoms with Crippen molar-refractivity contribution in [2.45, 2.75) is 44.1 Å². The maximum absolute atomic E-state index is 5.72. The first kappa shape index (κ1) is 11.5. The van der Waals surface area contributed by atoms with Crippen molar-refractivity contribution >= 4 is 27.5 Å². The first-order valence-corrected chi connectivity index (χ1v) is 6.88. The number of hydrogen-bond donors (Lipinski definition) is 0. The van der Waals surface area contributed by atoms with Crippen molar-refractivity contribution in [3.63, 3.8) is 0 Å². The Morgan fingerprint density at radius 2 is 1.93 bits per heavy atom. The summed E-state index contributed by atoms with van der Waals surface area (Å²) in [6.07, 6.45) is 7.13. The Balaban J connectivity index is 2.26. The van der Waals surface area contributed by atoms with E-state index in [4.69, 9.17) is 4.74 Å². The molecule has 15 heavy (non-hydrogen) atoms. The standard InChI is InChI=1S/C10H15BrN2OS/c1-14-10(6-4-2-3-5-7-10)8-12-9(11)15-13-8/h2-7H2,1H3. The molecule has 0 unspecified atom stereocenters. The van der Waals surface area contributed by atoms with Gasteiger partial charge in [0.2, 0.25) is 0 Å². The molecule has 0 N–H and O–H groups in total. The van der Waals surface area contributed by atoms with E-state index in [0.717, 1.165) is 22.6 Å². The van der Waals surface area contributed by atoms with Crippen LogP contribution in [0.5, 0.6) is 0 Å². The van der Waals surface area contributed by atoms with Gasteiger partial charge in [0.1, 0.15) is 5.60 Å². The van der Waals surface area contributed by atoms with Gasteiger partial charge in [-0.05, 0) is 40.3 Å². The van der Waals surface area contributed by atoms with Crippen molar-refractivity contribution < 1.29 is 4.74 Å². The van der Waals surface area contributed by atoms with Crippen LogP contribution in [0.4, 0.5) is 0 Å². The van der Waals surface area contributed by atoms with Crippen LogP contribution in [0, 0.1) is 0 Å². The predicted molar refractivity (Wildman–Crippen MR) is 64.0 cm³/mol. The topological polar surface area (TPSA) is 35.0 Å². The quantitative estimate of drug-likeness (QED) is 0.782. The Morgan fingerprint density at radius 1 is 1.27 bits per heavy atom. The first-order chi connectivity index (χ1) is 7.27. The lowest BCUT2D eigenvalue weighted by Gasteiger charge is -2.28. The molecule has 1 aliphatic carbocycles. The van der Waals surface area contributed by atoms with E-state index < -0.39 is 0 Å². The van der Waals surface area contributed by atoms with Gasteiger partial charge in [0, 0.05) is 7.11 Å². The van der Waals surface area contributed by atoms with Crippen LogP contribution in [0.2, 0.25) is 0 Å². The van der Waals surface area contributed by atoms with Gasteiger partial charge in [0.05, 0.1) is 0 Å². The largest absolute Gasteiger partial charge is 0.370 e. The fourth-order valence-corrected chi connectivity index (χ4v) is 3.09. The van der Waals surface area contributed by atoms with Crippen LogP contribution in [-0.2, 0) is 10.3 Å². The molecule has 0 saturated heterocycles. The minimum atomic E-state index is -0.223. The van der Waals surface area contributed by atoms with Gasteiger partial charge < -0.3 is 4.74 Å². The summed E-state index contributed by atoms with van der Waals surface area (Å²) in [5, 5.41) is 0. The molecule has 1 aromatic rings. The highest BCUT2D eigenvalue weighted by Crippen LogP contribution is 2.38. The summed E-state index contributed by atoms with van der Waals surface area (Å²) in [5.41, 5.74) is -0.223. The summed E-state index contributed by atoms with van der Waals surface area (Å²) in [4.78, 5) is 4.42. The zero-order valence-electron chi connectivity index (χ0n) is 8.83. The fraction of sp³-hybridized carbons (Fsp3) is 0.800. The molecule has 1 aromatic heterocycles. The fourth-order valence-electron chi connectivity index (χ4n) is 2.21. The number of methoxy groups -OCH3 is 1. The molecule has 3 nitrogen and oxygen atoms in total. The van der Waals surface area contributed by atoms with Gasteiger partial charge in [-0.25, -0.2) is 4.98 Å². The molecule has 84 valence electrons. The van der Waals surface area contributed by atoms with Crippen LogP contribution in [0.1, 0.15) is 44.3 Å². The first-order valence-electron chi connectivity index (χ1n) is 5.32. The third-order valence-corrected chi connectivity index (χ3v) is 4.23. The number of aromatic nitrogens is 2. The number of ether oxygens (including phenoxy) is 1. The van der Waals surface area contributed by atoms with Gasteiger partial charge in [-0.1, -0.05) is 25.7 Å². The molecule has 2 rings (SSSR count). The third kappa shape index (κ3) is 2.40. The minimum absolute atomic E-state index is 0.223. The average Bonchev–Trinajstić information content (AvgIpc) is 2.56. The van der Waals surface area contributed by atoms with Gasteiger partial charge in [-0.2, -0.15) is 4.37 Å². The number of rotatable bonds is 2. The maximum atomic E-state index is 5.72. The Labute approximate surface area is 103 Å². The van der Waals surface area contributed by atoms with Crippen molar-refractivity contribution in [3.8, 4) is 0 Å². The summed E-state index contributed by atoms with van der Waals surface area (Å²) >= 11 is 4.76. The highest BCUT2D eigenvalue weighted by Gasteiger charge is 2.36. The lowest BCUT2D eigenvalue weighted by molar-refractivity contribution is -0.0343. The lowest BCUT2D eigenvalue weighted by atomic mass is 9.93. The van der Waals surface area contributed by atoms with Gasteiger partial charge in [-0.15, -0.1) is 0 Å². The Hall–Kier alpha value is -0.0000000000000000555. The molecule has 5 heteroatoms. The number of hydrogen-bond acceptors (Lipinski definition) is 4. The van der Waals surface area contributed by atoms with Crippen LogP contribution in [-0.4, -0.2) is 16.5 Å². The van der Waals surface area contributed by atoms with Crippen molar-refractivity contribution in [1.29, 1.82) is 0 Å².